The Morgan fingerprint density at radius 1 is 1.33 bits per heavy atom. The van der Waals surface area contributed by atoms with Gasteiger partial charge in [-0.2, -0.15) is 4.98 Å². The van der Waals surface area contributed by atoms with Crippen LogP contribution in [0.5, 0.6) is 0 Å². The van der Waals surface area contributed by atoms with Crippen molar-refractivity contribution in [3.63, 3.8) is 0 Å². The third-order valence-electron chi connectivity index (χ3n) is 5.87. The minimum Gasteiger partial charge on any atom is -0.339 e. The molecular formula is C19H26N4O3S. The minimum atomic E-state index is -3.23. The number of sulfonamides is 1. The summed E-state index contributed by atoms with van der Waals surface area (Å²) >= 11 is 0. The molecule has 7 nitrogen and oxygen atoms in total. The molecule has 3 atom stereocenters. The quantitative estimate of drug-likeness (QED) is 0.810. The molecule has 1 aromatic carbocycles. The van der Waals surface area contributed by atoms with Crippen LogP contribution in [-0.4, -0.2) is 48.3 Å². The summed E-state index contributed by atoms with van der Waals surface area (Å²) in [5.41, 5.74) is 0.995. The summed E-state index contributed by atoms with van der Waals surface area (Å²) in [7, 11) is -3.23. The molecule has 8 heteroatoms. The first-order valence-corrected chi connectivity index (χ1v) is 11.1. The van der Waals surface area contributed by atoms with Crippen molar-refractivity contribution in [3.8, 4) is 0 Å². The molecule has 1 aliphatic carbocycles. The summed E-state index contributed by atoms with van der Waals surface area (Å²) in [5.74, 6) is 1.67. The summed E-state index contributed by atoms with van der Waals surface area (Å²) in [6, 6.07) is 10.3. The van der Waals surface area contributed by atoms with E-state index < -0.39 is 10.0 Å². The lowest BCUT2D eigenvalue weighted by atomic mass is 9.80. The lowest BCUT2D eigenvalue weighted by Gasteiger charge is -2.25. The second-order valence-electron chi connectivity index (χ2n) is 7.81. The first kappa shape index (κ1) is 18.6. The number of rotatable bonds is 6. The van der Waals surface area contributed by atoms with Crippen LogP contribution in [-0.2, 0) is 22.0 Å². The summed E-state index contributed by atoms with van der Waals surface area (Å²) in [4.78, 5) is 6.96. The Balaban J connectivity index is 1.57. The van der Waals surface area contributed by atoms with Gasteiger partial charge in [0, 0.05) is 25.7 Å². The maximum atomic E-state index is 12.1. The third kappa shape index (κ3) is 3.66. The molecule has 1 saturated heterocycles. The van der Waals surface area contributed by atoms with Crippen molar-refractivity contribution >= 4 is 10.0 Å². The van der Waals surface area contributed by atoms with Crippen LogP contribution in [0.25, 0.3) is 0 Å². The van der Waals surface area contributed by atoms with E-state index in [0.29, 0.717) is 24.1 Å². The fourth-order valence-electron chi connectivity index (χ4n) is 4.69. The van der Waals surface area contributed by atoms with Crippen LogP contribution in [0.15, 0.2) is 34.9 Å². The van der Waals surface area contributed by atoms with E-state index >= 15 is 0 Å². The van der Waals surface area contributed by atoms with E-state index in [9.17, 15) is 8.42 Å². The van der Waals surface area contributed by atoms with E-state index in [4.69, 9.17) is 4.52 Å². The largest absolute Gasteiger partial charge is 0.339 e. The van der Waals surface area contributed by atoms with E-state index in [0.717, 1.165) is 26.1 Å². The van der Waals surface area contributed by atoms with Crippen LogP contribution in [0.2, 0.25) is 0 Å². The smallest absolute Gasteiger partial charge is 0.234 e. The van der Waals surface area contributed by atoms with Crippen LogP contribution in [0.1, 0.15) is 37.0 Å². The maximum Gasteiger partial charge on any atom is 0.234 e. The van der Waals surface area contributed by atoms with Crippen LogP contribution in [0.4, 0.5) is 0 Å². The van der Waals surface area contributed by atoms with Crippen LogP contribution in [0, 0.1) is 12.8 Å². The number of aryl methyl sites for hydroxylation is 1. The van der Waals surface area contributed by atoms with Gasteiger partial charge in [0.25, 0.3) is 0 Å². The van der Waals surface area contributed by atoms with Gasteiger partial charge in [-0.1, -0.05) is 35.5 Å². The molecule has 2 fully saturated rings. The van der Waals surface area contributed by atoms with E-state index in [1.165, 1.54) is 5.56 Å². The summed E-state index contributed by atoms with van der Waals surface area (Å²) in [6.45, 7) is 6.06. The molecule has 146 valence electrons. The number of fused-ring (bicyclic) bond motifs is 1. The molecule has 1 aromatic heterocycles. The molecule has 2 heterocycles. The van der Waals surface area contributed by atoms with Gasteiger partial charge in [-0.3, -0.25) is 4.90 Å². The van der Waals surface area contributed by atoms with Crippen LogP contribution < -0.4 is 4.72 Å². The minimum absolute atomic E-state index is 0.0777. The second-order valence-corrected chi connectivity index (χ2v) is 9.86. The Morgan fingerprint density at radius 3 is 2.78 bits per heavy atom. The molecule has 2 aromatic rings. The lowest BCUT2D eigenvalue weighted by Crippen LogP contribution is -2.38. The average Bonchev–Trinajstić information content (AvgIpc) is 3.28. The van der Waals surface area contributed by atoms with Gasteiger partial charge in [0.1, 0.15) is 0 Å². The van der Waals surface area contributed by atoms with Crippen molar-refractivity contribution in [2.75, 3.05) is 18.8 Å². The van der Waals surface area contributed by atoms with Crippen molar-refractivity contribution in [3.05, 3.63) is 47.6 Å². The van der Waals surface area contributed by atoms with Gasteiger partial charge in [0.2, 0.25) is 15.9 Å². The molecule has 2 aliphatic rings. The second kappa shape index (κ2) is 7.00. The number of hydrogen-bond donors (Lipinski definition) is 1. The highest BCUT2D eigenvalue weighted by molar-refractivity contribution is 7.89. The van der Waals surface area contributed by atoms with Gasteiger partial charge in [-0.25, -0.2) is 13.1 Å². The first-order chi connectivity index (χ1) is 12.9. The highest BCUT2D eigenvalue weighted by Gasteiger charge is 2.57. The van der Waals surface area contributed by atoms with Gasteiger partial charge >= 0.3 is 0 Å². The number of likely N-dealkylation sites (tertiary alicyclic amines) is 1. The highest BCUT2D eigenvalue weighted by Crippen LogP contribution is 2.50. The molecule has 0 spiro atoms. The number of nitrogens with zero attached hydrogens (tertiary/aromatic N) is 3. The van der Waals surface area contributed by atoms with E-state index in [1.54, 1.807) is 6.92 Å². The predicted octanol–water partition coefficient (Wildman–Crippen LogP) is 1.85. The fraction of sp³-hybridized carbons (Fsp3) is 0.579. The zero-order valence-corrected chi connectivity index (χ0v) is 16.6. The Labute approximate surface area is 160 Å². The molecule has 0 amide bonds. The molecule has 27 heavy (non-hydrogen) atoms. The normalized spacial score (nSPS) is 28.5. The molecule has 4 rings (SSSR count). The topological polar surface area (TPSA) is 88.3 Å². The van der Waals surface area contributed by atoms with Gasteiger partial charge in [0.15, 0.2) is 5.82 Å². The monoisotopic (exact) mass is 390 g/mol. The van der Waals surface area contributed by atoms with Crippen molar-refractivity contribution in [2.45, 2.75) is 44.7 Å². The van der Waals surface area contributed by atoms with Crippen molar-refractivity contribution < 1.29 is 12.9 Å². The van der Waals surface area contributed by atoms with E-state index in [2.05, 4.69) is 44.0 Å². The van der Waals surface area contributed by atoms with Crippen molar-refractivity contribution in [2.24, 2.45) is 5.92 Å². The predicted molar refractivity (Wildman–Crippen MR) is 102 cm³/mol. The molecule has 1 aliphatic heterocycles. The summed E-state index contributed by atoms with van der Waals surface area (Å²) in [6.07, 6.45) is 1.50. The van der Waals surface area contributed by atoms with Crippen molar-refractivity contribution in [1.29, 1.82) is 0 Å². The molecule has 0 radical (unpaired) electrons. The van der Waals surface area contributed by atoms with Gasteiger partial charge in [0.05, 0.1) is 11.2 Å². The molecule has 0 bridgehead atoms. The lowest BCUT2D eigenvalue weighted by molar-refractivity contribution is 0.241. The summed E-state index contributed by atoms with van der Waals surface area (Å²) in [5, 5.41) is 4.00. The number of hydrogen-bond acceptors (Lipinski definition) is 6. The SMILES string of the molecule is CCS(=O)(=O)N[C@@H]1C[C@H]2CN(Cc3ccccc3)C[C@@]2(c2nc(C)no2)C1. The zero-order chi connectivity index (χ0) is 19.1. The number of nitrogens with one attached hydrogen (secondary N) is 1. The Hall–Kier alpha value is -1.77. The summed E-state index contributed by atoms with van der Waals surface area (Å²) < 4.78 is 32.6. The van der Waals surface area contributed by atoms with Gasteiger partial charge < -0.3 is 4.52 Å². The van der Waals surface area contributed by atoms with E-state index in [1.807, 2.05) is 13.0 Å². The standard InChI is InChI=1S/C19H26N4O3S/c1-3-27(24,25)22-17-9-16-12-23(11-15-7-5-4-6-8-15)13-19(16,10-17)18-20-14(2)21-26-18/h4-8,16-17,22H,3,9-13H2,1-2H3/t16-,17+,19-/m0/s1. The number of benzene rings is 1. The molecular weight excluding hydrogens is 364 g/mol. The Bertz CT molecular complexity index is 899. The van der Waals surface area contributed by atoms with Gasteiger partial charge in [-0.15, -0.1) is 0 Å². The zero-order valence-electron chi connectivity index (χ0n) is 15.8. The number of aromatic nitrogens is 2. The van der Waals surface area contributed by atoms with Crippen LogP contribution in [0.3, 0.4) is 0 Å². The van der Waals surface area contributed by atoms with Crippen LogP contribution >= 0.6 is 0 Å². The maximum absolute atomic E-state index is 12.1. The van der Waals surface area contributed by atoms with E-state index in [-0.39, 0.29) is 17.2 Å². The molecule has 1 N–H and O–H groups in total. The fourth-order valence-corrected chi connectivity index (χ4v) is 5.55. The Kier molecular flexibility index (Phi) is 4.82. The first-order valence-electron chi connectivity index (χ1n) is 9.47. The highest BCUT2D eigenvalue weighted by atomic mass is 32.2. The Morgan fingerprint density at radius 2 is 2.11 bits per heavy atom. The average molecular weight is 391 g/mol. The molecule has 1 saturated carbocycles. The van der Waals surface area contributed by atoms with Crippen molar-refractivity contribution in [1.82, 2.24) is 19.8 Å². The van der Waals surface area contributed by atoms with Gasteiger partial charge in [-0.05, 0) is 38.2 Å². The molecule has 0 unspecified atom stereocenters. The third-order valence-corrected chi connectivity index (χ3v) is 7.33.